The number of anilines is 3. The molecule has 0 atom stereocenters. The second kappa shape index (κ2) is 8.88. The van der Waals surface area contributed by atoms with Crippen LogP contribution in [-0.2, 0) is 13.1 Å². The van der Waals surface area contributed by atoms with Crippen molar-refractivity contribution in [2.75, 3.05) is 17.6 Å². The maximum Gasteiger partial charge on any atom is 0.258 e. The van der Waals surface area contributed by atoms with Crippen LogP contribution in [0, 0.1) is 6.92 Å². The van der Waals surface area contributed by atoms with E-state index in [1.807, 2.05) is 56.3 Å². The highest BCUT2D eigenvalue weighted by atomic mass is 16.1. The van der Waals surface area contributed by atoms with Crippen LogP contribution in [0.5, 0.6) is 0 Å². The molecule has 0 spiro atoms. The van der Waals surface area contributed by atoms with Crippen LogP contribution in [0.15, 0.2) is 53.3 Å². The molecular formula is C22H24N8O. The number of nitrogens with zero attached hydrogens (tertiary/aromatic N) is 5. The van der Waals surface area contributed by atoms with E-state index in [9.17, 15) is 4.79 Å². The first-order valence-electron chi connectivity index (χ1n) is 10.0. The molecule has 0 bridgehead atoms. The number of benzene rings is 2. The summed E-state index contributed by atoms with van der Waals surface area (Å²) in [5, 5.41) is 3.78. The largest absolute Gasteiger partial charge is 0.368 e. The van der Waals surface area contributed by atoms with Crippen molar-refractivity contribution in [2.24, 2.45) is 0 Å². The average molecular weight is 416 g/mol. The van der Waals surface area contributed by atoms with Gasteiger partial charge in [0.25, 0.3) is 5.56 Å². The fourth-order valence-electron chi connectivity index (χ4n) is 3.30. The Morgan fingerprint density at radius 3 is 2.58 bits per heavy atom. The molecule has 0 aliphatic rings. The lowest BCUT2D eigenvalue weighted by Gasteiger charge is -2.19. The van der Waals surface area contributed by atoms with Crippen molar-refractivity contribution in [3.05, 3.63) is 76.1 Å². The van der Waals surface area contributed by atoms with Gasteiger partial charge in [-0.25, -0.2) is 4.98 Å². The number of nitrogens with two attached hydrogens (primary N) is 1. The second-order valence-electron chi connectivity index (χ2n) is 7.21. The van der Waals surface area contributed by atoms with Crippen LogP contribution in [0.25, 0.3) is 10.9 Å². The van der Waals surface area contributed by atoms with Crippen molar-refractivity contribution >= 4 is 28.5 Å². The number of nitrogens with one attached hydrogen (secondary N) is 2. The van der Waals surface area contributed by atoms with Crippen LogP contribution in [0.3, 0.4) is 0 Å². The van der Waals surface area contributed by atoms with Crippen LogP contribution < -0.4 is 16.6 Å². The van der Waals surface area contributed by atoms with Crippen LogP contribution in [0.4, 0.5) is 17.6 Å². The molecule has 0 unspecified atom stereocenters. The first-order valence-corrected chi connectivity index (χ1v) is 10.0. The summed E-state index contributed by atoms with van der Waals surface area (Å²) in [5.41, 5.74) is 8.43. The van der Waals surface area contributed by atoms with Crippen molar-refractivity contribution < 1.29 is 0 Å². The Morgan fingerprint density at radius 1 is 1.00 bits per heavy atom. The Labute approximate surface area is 179 Å². The van der Waals surface area contributed by atoms with E-state index in [2.05, 4.69) is 35.1 Å². The monoisotopic (exact) mass is 416 g/mol. The lowest BCUT2D eigenvalue weighted by atomic mass is 10.2. The summed E-state index contributed by atoms with van der Waals surface area (Å²) in [6, 6.07) is 15.2. The Hall–Kier alpha value is -3.85. The zero-order valence-corrected chi connectivity index (χ0v) is 17.5. The quantitative estimate of drug-likeness (QED) is 0.420. The molecule has 0 saturated carbocycles. The van der Waals surface area contributed by atoms with Gasteiger partial charge in [-0.2, -0.15) is 15.0 Å². The van der Waals surface area contributed by atoms with Crippen molar-refractivity contribution in [1.82, 2.24) is 29.8 Å². The molecule has 0 amide bonds. The summed E-state index contributed by atoms with van der Waals surface area (Å²) in [5.74, 6) is 1.67. The minimum absolute atomic E-state index is 0.147. The molecule has 158 valence electrons. The SMILES string of the molecule is CCN(Cc1nc(N)nc(Nc2ccccc2C)n1)Cc1nc2ccccc2c(=O)[nH]1. The van der Waals surface area contributed by atoms with Crippen molar-refractivity contribution in [3.63, 3.8) is 0 Å². The first kappa shape index (κ1) is 20.4. The maximum absolute atomic E-state index is 12.3. The summed E-state index contributed by atoms with van der Waals surface area (Å²) in [6.07, 6.45) is 0. The van der Waals surface area contributed by atoms with Crippen molar-refractivity contribution in [3.8, 4) is 0 Å². The van der Waals surface area contributed by atoms with Crippen LogP contribution in [0.2, 0.25) is 0 Å². The molecule has 4 N–H and O–H groups in total. The van der Waals surface area contributed by atoms with Crippen molar-refractivity contribution in [2.45, 2.75) is 26.9 Å². The molecule has 9 nitrogen and oxygen atoms in total. The smallest absolute Gasteiger partial charge is 0.258 e. The molecular weight excluding hydrogens is 392 g/mol. The van der Waals surface area contributed by atoms with Gasteiger partial charge in [0.15, 0.2) is 0 Å². The Balaban J connectivity index is 1.54. The van der Waals surface area contributed by atoms with Gasteiger partial charge < -0.3 is 16.0 Å². The van der Waals surface area contributed by atoms with Crippen LogP contribution in [0.1, 0.15) is 24.1 Å². The number of hydrogen-bond donors (Lipinski definition) is 3. The molecule has 2 aromatic carbocycles. The normalized spacial score (nSPS) is 11.2. The number of aromatic amines is 1. The van der Waals surface area contributed by atoms with E-state index in [1.165, 1.54) is 0 Å². The molecule has 0 saturated heterocycles. The topological polar surface area (TPSA) is 126 Å². The fourth-order valence-corrected chi connectivity index (χ4v) is 3.30. The van der Waals surface area contributed by atoms with Crippen LogP contribution >= 0.6 is 0 Å². The summed E-state index contributed by atoms with van der Waals surface area (Å²) in [4.78, 5) is 34.9. The number of aryl methyl sites for hydroxylation is 1. The number of H-pyrrole nitrogens is 1. The Bertz CT molecular complexity index is 1270. The van der Waals surface area contributed by atoms with Gasteiger partial charge in [-0.1, -0.05) is 37.3 Å². The predicted molar refractivity (Wildman–Crippen MR) is 121 cm³/mol. The Kier molecular flexibility index (Phi) is 5.85. The lowest BCUT2D eigenvalue weighted by molar-refractivity contribution is 0.258. The standard InChI is InChI=1S/C22H24N8O/c1-3-30(12-18-24-17-11-7-5-9-15(17)20(31)26-18)13-19-27-21(23)29-22(28-19)25-16-10-6-4-8-14(16)2/h4-11H,3,12-13H2,1-2H3,(H,24,26,31)(H3,23,25,27,28,29). The van der Waals surface area contributed by atoms with E-state index < -0.39 is 0 Å². The molecule has 0 aliphatic carbocycles. The fraction of sp³-hybridized carbons (Fsp3) is 0.227. The number of rotatable bonds is 7. The molecule has 0 fully saturated rings. The summed E-state index contributed by atoms with van der Waals surface area (Å²) in [6.45, 7) is 5.62. The van der Waals surface area contributed by atoms with Gasteiger partial charge in [0.05, 0.1) is 24.0 Å². The van der Waals surface area contributed by atoms with E-state index in [1.54, 1.807) is 6.07 Å². The second-order valence-corrected chi connectivity index (χ2v) is 7.21. The highest BCUT2D eigenvalue weighted by Gasteiger charge is 2.13. The molecule has 2 aromatic heterocycles. The van der Waals surface area contributed by atoms with Gasteiger partial charge in [0, 0.05) is 5.69 Å². The number of aromatic nitrogens is 5. The number of hydrogen-bond acceptors (Lipinski definition) is 8. The lowest BCUT2D eigenvalue weighted by Crippen LogP contribution is -2.26. The molecule has 9 heteroatoms. The van der Waals surface area contributed by atoms with Gasteiger partial charge in [0.1, 0.15) is 11.6 Å². The molecule has 0 radical (unpaired) electrons. The van der Waals surface area contributed by atoms with Gasteiger partial charge >= 0.3 is 0 Å². The molecule has 31 heavy (non-hydrogen) atoms. The van der Waals surface area contributed by atoms with Gasteiger partial charge in [-0.15, -0.1) is 0 Å². The van der Waals surface area contributed by atoms with E-state index in [0.717, 1.165) is 11.3 Å². The summed E-state index contributed by atoms with van der Waals surface area (Å²) < 4.78 is 0. The van der Waals surface area contributed by atoms with Crippen molar-refractivity contribution in [1.29, 1.82) is 0 Å². The molecule has 2 heterocycles. The third-order valence-electron chi connectivity index (χ3n) is 4.94. The summed E-state index contributed by atoms with van der Waals surface area (Å²) in [7, 11) is 0. The van der Waals surface area contributed by atoms with E-state index >= 15 is 0 Å². The van der Waals surface area contributed by atoms with E-state index in [4.69, 9.17) is 5.73 Å². The predicted octanol–water partition coefficient (Wildman–Crippen LogP) is 2.76. The highest BCUT2D eigenvalue weighted by molar-refractivity contribution is 5.77. The number of para-hydroxylation sites is 2. The number of fused-ring (bicyclic) bond motifs is 1. The maximum atomic E-state index is 12.3. The van der Waals surface area contributed by atoms with Crippen LogP contribution in [-0.4, -0.2) is 36.4 Å². The molecule has 4 aromatic rings. The van der Waals surface area contributed by atoms with Gasteiger partial charge in [-0.05, 0) is 37.2 Å². The highest BCUT2D eigenvalue weighted by Crippen LogP contribution is 2.18. The van der Waals surface area contributed by atoms with E-state index in [0.29, 0.717) is 48.1 Å². The zero-order valence-electron chi connectivity index (χ0n) is 17.5. The molecule has 0 aliphatic heterocycles. The van der Waals surface area contributed by atoms with Gasteiger partial charge in [-0.3, -0.25) is 9.69 Å². The molecule has 4 rings (SSSR count). The average Bonchev–Trinajstić information content (AvgIpc) is 2.74. The zero-order chi connectivity index (χ0) is 21.8. The van der Waals surface area contributed by atoms with E-state index in [-0.39, 0.29) is 11.5 Å². The minimum Gasteiger partial charge on any atom is -0.368 e. The minimum atomic E-state index is -0.147. The van der Waals surface area contributed by atoms with Gasteiger partial charge in [0.2, 0.25) is 11.9 Å². The summed E-state index contributed by atoms with van der Waals surface area (Å²) >= 11 is 0. The third-order valence-corrected chi connectivity index (χ3v) is 4.94. The Morgan fingerprint density at radius 2 is 1.77 bits per heavy atom. The third kappa shape index (κ3) is 4.84. The number of nitrogen functional groups attached to an aromatic ring is 1. The first-order chi connectivity index (χ1) is 15.0.